The third-order valence-corrected chi connectivity index (χ3v) is 4.77. The van der Waals surface area contributed by atoms with E-state index in [0.29, 0.717) is 13.0 Å². The van der Waals surface area contributed by atoms with Crippen LogP contribution in [0.1, 0.15) is 38.7 Å². The van der Waals surface area contributed by atoms with Gasteiger partial charge in [0, 0.05) is 25.2 Å². The molecule has 0 radical (unpaired) electrons. The fourth-order valence-electron chi connectivity index (χ4n) is 2.95. The first-order valence-corrected chi connectivity index (χ1v) is 9.04. The first-order chi connectivity index (χ1) is 12.4. The number of carbonyl (C=O) groups is 3. The maximum Gasteiger partial charge on any atom is 0.320 e. The predicted octanol–water partition coefficient (Wildman–Crippen LogP) is 1.52. The van der Waals surface area contributed by atoms with Gasteiger partial charge in [0.2, 0.25) is 11.8 Å². The van der Waals surface area contributed by atoms with Crippen molar-refractivity contribution in [2.45, 2.75) is 45.7 Å². The van der Waals surface area contributed by atoms with Crippen LogP contribution in [0.25, 0.3) is 0 Å². The molecule has 26 heavy (non-hydrogen) atoms. The third-order valence-electron chi connectivity index (χ3n) is 4.77. The number of aliphatic carboxylic acids is 1. The zero-order valence-corrected chi connectivity index (χ0v) is 15.3. The van der Waals surface area contributed by atoms with Crippen molar-refractivity contribution in [2.75, 3.05) is 18.0 Å². The highest BCUT2D eigenvalue weighted by molar-refractivity contribution is 5.95. The molecule has 3 N–H and O–H groups in total. The van der Waals surface area contributed by atoms with E-state index < -0.39 is 12.0 Å². The summed E-state index contributed by atoms with van der Waals surface area (Å²) >= 11 is 0. The molecule has 0 saturated carbocycles. The molecule has 0 spiro atoms. The lowest BCUT2D eigenvalue weighted by Gasteiger charge is -2.20. The molecular weight excluding hydrogens is 334 g/mol. The van der Waals surface area contributed by atoms with Crippen LogP contribution in [0, 0.1) is 5.92 Å². The normalized spacial score (nSPS) is 16.4. The second-order valence-corrected chi connectivity index (χ2v) is 6.67. The number of nitrogens with zero attached hydrogens (tertiary/aromatic N) is 1. The lowest BCUT2D eigenvalue weighted by Crippen LogP contribution is -2.46. The third kappa shape index (κ3) is 5.29. The van der Waals surface area contributed by atoms with Gasteiger partial charge >= 0.3 is 5.97 Å². The van der Waals surface area contributed by atoms with Crippen molar-refractivity contribution >= 4 is 23.5 Å². The van der Waals surface area contributed by atoms with E-state index in [2.05, 4.69) is 10.6 Å². The van der Waals surface area contributed by atoms with Crippen LogP contribution in [0.4, 0.5) is 5.69 Å². The van der Waals surface area contributed by atoms with Crippen LogP contribution in [-0.2, 0) is 20.9 Å². The van der Waals surface area contributed by atoms with E-state index in [1.54, 1.807) is 4.90 Å². The number of carboxylic acids is 1. The largest absolute Gasteiger partial charge is 0.480 e. The molecule has 142 valence electrons. The maximum absolute atomic E-state index is 12.0. The number of hydrogen-bond acceptors (Lipinski definition) is 4. The Morgan fingerprint density at radius 3 is 2.50 bits per heavy atom. The summed E-state index contributed by atoms with van der Waals surface area (Å²) in [5.74, 6) is -1.11. The van der Waals surface area contributed by atoms with Gasteiger partial charge in [-0.1, -0.05) is 32.4 Å². The van der Waals surface area contributed by atoms with Gasteiger partial charge in [0.15, 0.2) is 0 Å². The number of carbonyl (C=O) groups excluding carboxylic acids is 2. The van der Waals surface area contributed by atoms with E-state index in [9.17, 15) is 19.5 Å². The lowest BCUT2D eigenvalue weighted by molar-refractivity contribution is -0.141. The number of anilines is 1. The summed E-state index contributed by atoms with van der Waals surface area (Å²) in [5.41, 5.74) is 1.80. The Labute approximate surface area is 153 Å². The summed E-state index contributed by atoms with van der Waals surface area (Å²) in [6.07, 6.45) is 2.20. The van der Waals surface area contributed by atoms with Gasteiger partial charge in [-0.05, 0) is 30.0 Å². The first-order valence-electron chi connectivity index (χ1n) is 9.04. The van der Waals surface area contributed by atoms with E-state index >= 15 is 0 Å². The SMILES string of the molecule is CC[C@H](C)[C@H](NCC(=O)NCc1ccc(N2CCCC2=O)cc1)C(=O)O. The number of rotatable bonds is 9. The molecule has 2 atom stereocenters. The summed E-state index contributed by atoms with van der Waals surface area (Å²) < 4.78 is 0. The van der Waals surface area contributed by atoms with Gasteiger partial charge in [0.25, 0.3) is 0 Å². The summed E-state index contributed by atoms with van der Waals surface area (Å²) in [7, 11) is 0. The molecule has 1 aromatic carbocycles. The quantitative estimate of drug-likeness (QED) is 0.619. The van der Waals surface area contributed by atoms with Crippen molar-refractivity contribution < 1.29 is 19.5 Å². The molecular formula is C19H27N3O4. The van der Waals surface area contributed by atoms with Gasteiger partial charge in [-0.2, -0.15) is 0 Å². The van der Waals surface area contributed by atoms with Crippen LogP contribution in [0.15, 0.2) is 24.3 Å². The van der Waals surface area contributed by atoms with Crippen LogP contribution >= 0.6 is 0 Å². The molecule has 2 rings (SSSR count). The standard InChI is InChI=1S/C19H27N3O4/c1-3-13(2)18(19(25)26)21-12-16(23)20-11-14-6-8-15(9-7-14)22-10-4-5-17(22)24/h6-9,13,18,21H,3-5,10-12H2,1-2H3,(H,20,23)(H,25,26)/t13-,18-/m0/s1. The van der Waals surface area contributed by atoms with Gasteiger partial charge in [-0.25, -0.2) is 0 Å². The Morgan fingerprint density at radius 2 is 1.96 bits per heavy atom. The molecule has 0 aromatic heterocycles. The summed E-state index contributed by atoms with van der Waals surface area (Å²) in [6.45, 7) is 4.83. The van der Waals surface area contributed by atoms with Gasteiger partial charge in [-0.15, -0.1) is 0 Å². The Hall–Kier alpha value is -2.41. The van der Waals surface area contributed by atoms with Gasteiger partial charge in [-0.3, -0.25) is 19.7 Å². The highest BCUT2D eigenvalue weighted by Gasteiger charge is 2.23. The number of benzene rings is 1. The molecule has 7 nitrogen and oxygen atoms in total. The fraction of sp³-hybridized carbons (Fsp3) is 0.526. The number of nitrogens with one attached hydrogen (secondary N) is 2. The van der Waals surface area contributed by atoms with Crippen molar-refractivity contribution in [2.24, 2.45) is 5.92 Å². The Kier molecular flexibility index (Phi) is 7.15. The van der Waals surface area contributed by atoms with E-state index in [1.807, 2.05) is 38.1 Å². The van der Waals surface area contributed by atoms with Crippen LogP contribution in [-0.4, -0.2) is 42.0 Å². The minimum atomic E-state index is -0.945. The van der Waals surface area contributed by atoms with Gasteiger partial charge < -0.3 is 15.3 Å². The van der Waals surface area contributed by atoms with E-state index in [0.717, 1.165) is 30.6 Å². The van der Waals surface area contributed by atoms with Crippen molar-refractivity contribution in [3.63, 3.8) is 0 Å². The highest BCUT2D eigenvalue weighted by atomic mass is 16.4. The van der Waals surface area contributed by atoms with Gasteiger partial charge in [0.1, 0.15) is 6.04 Å². The van der Waals surface area contributed by atoms with Crippen LogP contribution in [0.2, 0.25) is 0 Å². The van der Waals surface area contributed by atoms with E-state index in [-0.39, 0.29) is 24.3 Å². The molecule has 0 bridgehead atoms. The van der Waals surface area contributed by atoms with Crippen molar-refractivity contribution in [3.05, 3.63) is 29.8 Å². The minimum absolute atomic E-state index is 0.0400. The zero-order chi connectivity index (χ0) is 19.1. The number of carboxylic acid groups (broad SMARTS) is 1. The number of hydrogen-bond donors (Lipinski definition) is 3. The Balaban J connectivity index is 1.80. The molecule has 1 aliphatic heterocycles. The first kappa shape index (κ1) is 19.9. The molecule has 1 aromatic rings. The smallest absolute Gasteiger partial charge is 0.320 e. The van der Waals surface area contributed by atoms with E-state index in [4.69, 9.17) is 0 Å². The van der Waals surface area contributed by atoms with Crippen molar-refractivity contribution in [3.8, 4) is 0 Å². The number of amides is 2. The highest BCUT2D eigenvalue weighted by Crippen LogP contribution is 2.21. The van der Waals surface area contributed by atoms with E-state index in [1.165, 1.54) is 0 Å². The topological polar surface area (TPSA) is 98.7 Å². The lowest BCUT2D eigenvalue weighted by atomic mass is 9.99. The monoisotopic (exact) mass is 361 g/mol. The van der Waals surface area contributed by atoms with Crippen molar-refractivity contribution in [1.82, 2.24) is 10.6 Å². The molecule has 1 aliphatic rings. The molecule has 0 aliphatic carbocycles. The summed E-state index contributed by atoms with van der Waals surface area (Å²) in [4.78, 5) is 36.7. The molecule has 1 fully saturated rings. The molecule has 0 unspecified atom stereocenters. The zero-order valence-electron chi connectivity index (χ0n) is 15.3. The van der Waals surface area contributed by atoms with Crippen LogP contribution in [0.5, 0.6) is 0 Å². The summed E-state index contributed by atoms with van der Waals surface area (Å²) in [6, 6.07) is 6.79. The Bertz CT molecular complexity index is 645. The predicted molar refractivity (Wildman–Crippen MR) is 98.8 cm³/mol. The van der Waals surface area contributed by atoms with Crippen molar-refractivity contribution in [1.29, 1.82) is 0 Å². The fourth-order valence-corrected chi connectivity index (χ4v) is 2.95. The molecule has 7 heteroatoms. The molecule has 2 amide bonds. The molecule has 1 heterocycles. The average Bonchev–Trinajstić information content (AvgIpc) is 3.06. The Morgan fingerprint density at radius 1 is 1.27 bits per heavy atom. The van der Waals surface area contributed by atoms with Gasteiger partial charge in [0.05, 0.1) is 6.54 Å². The second kappa shape index (κ2) is 9.33. The second-order valence-electron chi connectivity index (χ2n) is 6.67. The minimum Gasteiger partial charge on any atom is -0.480 e. The average molecular weight is 361 g/mol. The van der Waals surface area contributed by atoms with Crippen LogP contribution in [0.3, 0.4) is 0 Å². The molecule has 1 saturated heterocycles. The summed E-state index contributed by atoms with van der Waals surface area (Å²) in [5, 5.41) is 14.8. The van der Waals surface area contributed by atoms with Crippen LogP contribution < -0.4 is 15.5 Å². The maximum atomic E-state index is 12.0.